The summed E-state index contributed by atoms with van der Waals surface area (Å²) in [6.45, 7) is 1.52. The van der Waals surface area contributed by atoms with E-state index in [4.69, 9.17) is 4.74 Å². The van der Waals surface area contributed by atoms with Gasteiger partial charge in [-0.2, -0.15) is 10.5 Å². The lowest BCUT2D eigenvalue weighted by atomic mass is 9.69. The minimum atomic E-state index is -1.45. The maximum atomic E-state index is 13.0. The minimum Gasteiger partial charge on any atom is -0.496 e. The van der Waals surface area contributed by atoms with Crippen molar-refractivity contribution < 1.29 is 9.53 Å². The van der Waals surface area contributed by atoms with Crippen molar-refractivity contribution >= 4 is 33.5 Å². The number of carbonyl (C=O) groups excluding carboxylic acids is 1. The lowest BCUT2D eigenvalue weighted by Gasteiger charge is -2.35. The molecule has 0 aromatic heterocycles. The van der Waals surface area contributed by atoms with Gasteiger partial charge in [-0.25, -0.2) is 0 Å². The van der Waals surface area contributed by atoms with E-state index >= 15 is 0 Å². The molecule has 0 unspecified atom stereocenters. The summed E-state index contributed by atoms with van der Waals surface area (Å²) >= 11 is 3.48. The zero-order valence-corrected chi connectivity index (χ0v) is 17.6. The number of carbonyl (C=O) groups is 1. The molecule has 0 aliphatic carbocycles. The maximum Gasteiger partial charge on any atom is 0.176 e. The molecule has 0 spiro atoms. The molecule has 1 saturated heterocycles. The van der Waals surface area contributed by atoms with Gasteiger partial charge in [0.15, 0.2) is 11.2 Å². The van der Waals surface area contributed by atoms with Gasteiger partial charge in [-0.05, 0) is 36.8 Å². The Morgan fingerprint density at radius 2 is 1.93 bits per heavy atom. The highest BCUT2D eigenvalue weighted by atomic mass is 79.9. The van der Waals surface area contributed by atoms with Gasteiger partial charge < -0.3 is 9.64 Å². The Labute approximate surface area is 177 Å². The standard InChI is InChI=1S/C23H18BrN3O2/c1-14(28)22-21(17-11-16(24)8-9-19(17)29-2)23(12-25,13-26)20-10-7-15-5-3-4-6-18(15)27(20)22/h3-11,20-22H,1-2H3/t20-,21+,22-/m0/s1. The summed E-state index contributed by atoms with van der Waals surface area (Å²) in [4.78, 5) is 14.9. The molecule has 2 aliphatic heterocycles. The van der Waals surface area contributed by atoms with E-state index in [1.165, 1.54) is 6.92 Å². The number of hydrogen-bond donors (Lipinski definition) is 0. The number of rotatable bonds is 3. The van der Waals surface area contributed by atoms with Gasteiger partial charge in [0.25, 0.3) is 0 Å². The number of ketones is 1. The summed E-state index contributed by atoms with van der Waals surface area (Å²) in [5, 5.41) is 20.5. The highest BCUT2D eigenvalue weighted by molar-refractivity contribution is 9.10. The Balaban J connectivity index is 2.04. The van der Waals surface area contributed by atoms with Crippen LogP contribution in [0.5, 0.6) is 5.75 Å². The lowest BCUT2D eigenvalue weighted by molar-refractivity contribution is -0.118. The largest absolute Gasteiger partial charge is 0.496 e. The van der Waals surface area contributed by atoms with E-state index in [0.717, 1.165) is 15.7 Å². The molecule has 0 radical (unpaired) electrons. The van der Waals surface area contributed by atoms with Gasteiger partial charge in [0.2, 0.25) is 0 Å². The van der Waals surface area contributed by atoms with Crippen LogP contribution in [0.3, 0.4) is 0 Å². The number of fused-ring (bicyclic) bond motifs is 3. The molecule has 0 saturated carbocycles. The number of Topliss-reactive ketones (excluding diaryl/α,β-unsaturated/α-hetero) is 1. The van der Waals surface area contributed by atoms with Crippen molar-refractivity contribution in [2.75, 3.05) is 12.0 Å². The number of nitriles is 2. The van der Waals surface area contributed by atoms with Crippen molar-refractivity contribution in [1.82, 2.24) is 0 Å². The zero-order chi connectivity index (χ0) is 20.8. The van der Waals surface area contributed by atoms with Crippen LogP contribution in [0.15, 0.2) is 53.0 Å². The molecule has 29 heavy (non-hydrogen) atoms. The molecule has 6 heteroatoms. The molecule has 2 aromatic carbocycles. The van der Waals surface area contributed by atoms with E-state index in [1.54, 1.807) is 13.2 Å². The van der Waals surface area contributed by atoms with Crippen molar-refractivity contribution in [3.63, 3.8) is 0 Å². The highest BCUT2D eigenvalue weighted by Gasteiger charge is 2.63. The maximum absolute atomic E-state index is 13.0. The number of hydrogen-bond acceptors (Lipinski definition) is 5. The summed E-state index contributed by atoms with van der Waals surface area (Å²) in [6.07, 6.45) is 3.80. The summed E-state index contributed by atoms with van der Waals surface area (Å²) in [5.74, 6) is -0.223. The molecule has 2 aliphatic rings. The van der Waals surface area contributed by atoms with Gasteiger partial charge in [0.05, 0.1) is 31.3 Å². The number of nitrogens with zero attached hydrogens (tertiary/aromatic N) is 3. The first-order chi connectivity index (χ1) is 14.0. The molecule has 5 nitrogen and oxygen atoms in total. The number of anilines is 1. The normalized spacial score (nSPS) is 23.5. The SMILES string of the molecule is COc1ccc(Br)cc1[C@@H]1[C@H](C(C)=O)N2c3ccccc3C=C[C@H]2C1(C#N)C#N. The number of halogens is 1. The van der Waals surface area contributed by atoms with Gasteiger partial charge in [0, 0.05) is 21.6 Å². The Hall–Kier alpha value is -3.09. The van der Waals surface area contributed by atoms with Crippen LogP contribution in [-0.4, -0.2) is 25.0 Å². The highest BCUT2D eigenvalue weighted by Crippen LogP contribution is 2.56. The molecule has 144 valence electrons. The Bertz CT molecular complexity index is 1100. The molecule has 0 bridgehead atoms. The lowest BCUT2D eigenvalue weighted by Crippen LogP contribution is -2.43. The first kappa shape index (κ1) is 19.2. The van der Waals surface area contributed by atoms with Gasteiger partial charge in [-0.3, -0.25) is 4.79 Å². The van der Waals surface area contributed by atoms with E-state index < -0.39 is 23.4 Å². The van der Waals surface area contributed by atoms with Crippen molar-refractivity contribution in [3.8, 4) is 17.9 Å². The fourth-order valence-electron chi connectivity index (χ4n) is 4.68. The number of ether oxygens (including phenoxy) is 1. The molecule has 2 heterocycles. The Morgan fingerprint density at radius 3 is 2.59 bits per heavy atom. The first-order valence-corrected chi connectivity index (χ1v) is 9.99. The number of methoxy groups -OCH3 is 1. The van der Waals surface area contributed by atoms with Gasteiger partial charge >= 0.3 is 0 Å². The molecule has 1 fully saturated rings. The predicted octanol–water partition coefficient (Wildman–Crippen LogP) is 4.45. The third kappa shape index (κ3) is 2.68. The van der Waals surface area contributed by atoms with Crippen molar-refractivity contribution in [2.24, 2.45) is 5.41 Å². The number of benzene rings is 2. The van der Waals surface area contributed by atoms with Crippen LogP contribution in [0, 0.1) is 28.1 Å². The summed E-state index contributed by atoms with van der Waals surface area (Å²) < 4.78 is 6.35. The van der Waals surface area contributed by atoms with Crippen LogP contribution < -0.4 is 9.64 Å². The third-order valence-electron chi connectivity index (χ3n) is 5.86. The van der Waals surface area contributed by atoms with E-state index in [-0.39, 0.29) is 5.78 Å². The van der Waals surface area contributed by atoms with Gasteiger partial charge in [0.1, 0.15) is 5.75 Å². The Kier molecular flexibility index (Phi) is 4.68. The second-order valence-electron chi connectivity index (χ2n) is 7.28. The molecule has 4 rings (SSSR count). The van der Waals surface area contributed by atoms with Crippen LogP contribution in [-0.2, 0) is 4.79 Å². The molecular formula is C23H18BrN3O2. The third-order valence-corrected chi connectivity index (χ3v) is 6.35. The van der Waals surface area contributed by atoms with Crippen molar-refractivity contribution in [1.29, 1.82) is 10.5 Å². The van der Waals surface area contributed by atoms with Gasteiger partial charge in [-0.15, -0.1) is 0 Å². The summed E-state index contributed by atoms with van der Waals surface area (Å²) in [5.41, 5.74) is 1.03. The van der Waals surface area contributed by atoms with E-state index in [2.05, 4.69) is 28.1 Å². The predicted molar refractivity (Wildman–Crippen MR) is 113 cm³/mol. The summed E-state index contributed by atoms with van der Waals surface area (Å²) in [7, 11) is 1.55. The second kappa shape index (κ2) is 7.06. The fourth-order valence-corrected chi connectivity index (χ4v) is 5.06. The molecule has 0 amide bonds. The smallest absolute Gasteiger partial charge is 0.176 e. The molecule has 2 aromatic rings. The van der Waals surface area contributed by atoms with E-state index in [1.807, 2.05) is 53.5 Å². The Morgan fingerprint density at radius 1 is 1.21 bits per heavy atom. The van der Waals surface area contributed by atoms with Crippen LogP contribution in [0.25, 0.3) is 6.08 Å². The van der Waals surface area contributed by atoms with Crippen LogP contribution in [0.4, 0.5) is 5.69 Å². The molecular weight excluding hydrogens is 430 g/mol. The zero-order valence-electron chi connectivity index (χ0n) is 16.0. The van der Waals surface area contributed by atoms with E-state index in [0.29, 0.717) is 11.3 Å². The van der Waals surface area contributed by atoms with Gasteiger partial charge in [-0.1, -0.05) is 46.3 Å². The molecule has 0 N–H and O–H groups in total. The van der Waals surface area contributed by atoms with E-state index in [9.17, 15) is 15.3 Å². The number of para-hydroxylation sites is 1. The van der Waals surface area contributed by atoms with Crippen molar-refractivity contribution in [2.45, 2.75) is 24.9 Å². The van der Waals surface area contributed by atoms with Crippen LogP contribution >= 0.6 is 15.9 Å². The average Bonchev–Trinajstić information content (AvgIpc) is 3.04. The monoisotopic (exact) mass is 447 g/mol. The summed E-state index contributed by atoms with van der Waals surface area (Å²) in [6, 6.07) is 16.5. The van der Waals surface area contributed by atoms with Crippen LogP contribution in [0.1, 0.15) is 24.0 Å². The fraction of sp³-hybridized carbons (Fsp3) is 0.261. The van der Waals surface area contributed by atoms with Crippen molar-refractivity contribution in [3.05, 3.63) is 64.1 Å². The van der Waals surface area contributed by atoms with Crippen LogP contribution in [0.2, 0.25) is 0 Å². The minimum absolute atomic E-state index is 0.0977. The quantitative estimate of drug-likeness (QED) is 0.694. The second-order valence-corrected chi connectivity index (χ2v) is 8.20. The average molecular weight is 448 g/mol. The topological polar surface area (TPSA) is 77.1 Å². The first-order valence-electron chi connectivity index (χ1n) is 9.20. The molecule has 3 atom stereocenters.